The number of aliphatic hydroxyl groups is 1. The van der Waals surface area contributed by atoms with Gasteiger partial charge in [0.15, 0.2) is 23.8 Å². The molecule has 8 nitrogen and oxygen atoms in total. The third-order valence-corrected chi connectivity index (χ3v) is 4.93. The van der Waals surface area contributed by atoms with Gasteiger partial charge in [0, 0.05) is 25.6 Å². The number of amides is 2. The van der Waals surface area contributed by atoms with Crippen molar-refractivity contribution < 1.29 is 32.6 Å². The predicted molar refractivity (Wildman–Crippen MR) is 95.5 cm³/mol. The standard InChI is InChI=1S/C19H15F3N4O4/c1-25-7-6-18(29,17(25)28)5-4-10-2-3-12-11(8-10)26-15(19(21,22)9-30-12)13(20)14(24-26)16(23)27/h2-3,8,29H,6-7,9H2,1H3,(H2,23,27)/t18-/m0/s1. The third kappa shape index (κ3) is 2.96. The van der Waals surface area contributed by atoms with E-state index in [4.69, 9.17) is 10.5 Å². The van der Waals surface area contributed by atoms with Crippen molar-refractivity contribution in [1.29, 1.82) is 0 Å². The van der Waals surface area contributed by atoms with Crippen LogP contribution < -0.4 is 10.5 Å². The van der Waals surface area contributed by atoms with E-state index >= 15 is 0 Å². The highest BCUT2D eigenvalue weighted by atomic mass is 19.3. The highest BCUT2D eigenvalue weighted by Gasteiger charge is 2.45. The summed E-state index contributed by atoms with van der Waals surface area (Å²) in [5.74, 6) is -2.08. The van der Waals surface area contributed by atoms with Crippen molar-refractivity contribution in [3.05, 3.63) is 41.0 Å². The van der Waals surface area contributed by atoms with Gasteiger partial charge in [-0.15, -0.1) is 0 Å². The van der Waals surface area contributed by atoms with Crippen LogP contribution in [-0.4, -0.2) is 57.4 Å². The number of ether oxygens (including phenoxy) is 1. The Balaban J connectivity index is 1.83. The van der Waals surface area contributed by atoms with Crippen LogP contribution >= 0.6 is 0 Å². The molecule has 4 rings (SSSR count). The summed E-state index contributed by atoms with van der Waals surface area (Å²) in [5.41, 5.74) is 1.23. The van der Waals surface area contributed by atoms with E-state index in [1.807, 2.05) is 0 Å². The Morgan fingerprint density at radius 2 is 2.13 bits per heavy atom. The molecule has 1 atom stereocenters. The zero-order valence-electron chi connectivity index (χ0n) is 15.6. The Bertz CT molecular complexity index is 1150. The molecule has 1 saturated heterocycles. The largest absolute Gasteiger partial charge is 0.485 e. The minimum Gasteiger partial charge on any atom is -0.485 e. The molecule has 2 aliphatic heterocycles. The maximum absolute atomic E-state index is 14.5. The fourth-order valence-electron chi connectivity index (χ4n) is 3.31. The van der Waals surface area contributed by atoms with E-state index in [9.17, 15) is 27.9 Å². The first-order valence-corrected chi connectivity index (χ1v) is 8.78. The number of carbonyl (C=O) groups excluding carboxylic acids is 2. The average molecular weight is 420 g/mol. The van der Waals surface area contributed by atoms with Crippen LogP contribution in [0.1, 0.15) is 28.2 Å². The van der Waals surface area contributed by atoms with Gasteiger partial charge < -0.3 is 20.5 Å². The molecule has 0 unspecified atom stereocenters. The lowest BCUT2D eigenvalue weighted by atomic mass is 10.0. The summed E-state index contributed by atoms with van der Waals surface area (Å²) < 4.78 is 49.1. The Labute approximate surface area is 168 Å². The maximum atomic E-state index is 14.5. The summed E-state index contributed by atoms with van der Waals surface area (Å²) in [6.45, 7) is -0.838. The second-order valence-corrected chi connectivity index (χ2v) is 7.05. The zero-order valence-corrected chi connectivity index (χ0v) is 15.6. The molecule has 0 saturated carbocycles. The SMILES string of the molecule is CN1CC[C@@](O)(C#Cc2ccc3c(c2)-n2nc(C(N)=O)c(F)c2C(F)(F)CO3)C1=O. The molecule has 11 heteroatoms. The number of nitrogens with two attached hydrogens (primary N) is 1. The molecule has 1 fully saturated rings. The number of likely N-dealkylation sites (tertiary alicyclic amines) is 1. The number of likely N-dealkylation sites (N-methyl/N-ethyl adjacent to an activating group) is 1. The summed E-state index contributed by atoms with van der Waals surface area (Å²) in [4.78, 5) is 24.8. The number of rotatable bonds is 1. The molecular weight excluding hydrogens is 405 g/mol. The summed E-state index contributed by atoms with van der Waals surface area (Å²) >= 11 is 0. The van der Waals surface area contributed by atoms with E-state index in [1.165, 1.54) is 30.1 Å². The molecule has 3 heterocycles. The first kappa shape index (κ1) is 19.8. The molecule has 156 valence electrons. The van der Waals surface area contributed by atoms with Gasteiger partial charge in [-0.3, -0.25) is 9.59 Å². The van der Waals surface area contributed by atoms with Gasteiger partial charge in [-0.05, 0) is 18.2 Å². The van der Waals surface area contributed by atoms with Gasteiger partial charge >= 0.3 is 5.92 Å². The quantitative estimate of drug-likeness (QED) is 0.655. The lowest BCUT2D eigenvalue weighted by molar-refractivity contribution is -0.137. The zero-order chi connectivity index (χ0) is 21.8. The summed E-state index contributed by atoms with van der Waals surface area (Å²) in [6, 6.07) is 4.02. The normalized spacial score (nSPS) is 21.8. The Hall–Kier alpha value is -3.52. The predicted octanol–water partition coefficient (Wildman–Crippen LogP) is 0.539. The van der Waals surface area contributed by atoms with Gasteiger partial charge in [0.05, 0.1) is 0 Å². The molecule has 30 heavy (non-hydrogen) atoms. The van der Waals surface area contributed by atoms with Crippen LogP contribution in [0.4, 0.5) is 13.2 Å². The summed E-state index contributed by atoms with van der Waals surface area (Å²) in [7, 11) is 1.53. The van der Waals surface area contributed by atoms with E-state index in [0.29, 0.717) is 11.2 Å². The molecule has 2 aliphatic rings. The van der Waals surface area contributed by atoms with Crippen molar-refractivity contribution in [3.63, 3.8) is 0 Å². The minimum absolute atomic E-state index is 0.0483. The number of halogens is 3. The molecule has 1 aromatic carbocycles. The third-order valence-electron chi connectivity index (χ3n) is 4.93. The lowest BCUT2D eigenvalue weighted by Gasteiger charge is -2.13. The van der Waals surface area contributed by atoms with Crippen LogP contribution in [0.5, 0.6) is 5.75 Å². The van der Waals surface area contributed by atoms with Crippen LogP contribution in [0.25, 0.3) is 5.69 Å². The molecule has 0 bridgehead atoms. The van der Waals surface area contributed by atoms with Crippen molar-refractivity contribution in [1.82, 2.24) is 14.7 Å². The van der Waals surface area contributed by atoms with Crippen LogP contribution in [-0.2, 0) is 10.7 Å². The summed E-state index contributed by atoms with van der Waals surface area (Å²) in [6.07, 6.45) is 0.117. The molecule has 1 aromatic heterocycles. The smallest absolute Gasteiger partial charge is 0.325 e. The van der Waals surface area contributed by atoms with E-state index in [1.54, 1.807) is 0 Å². The molecule has 0 radical (unpaired) electrons. The number of hydrogen-bond acceptors (Lipinski definition) is 5. The number of alkyl halides is 2. The van der Waals surface area contributed by atoms with Crippen LogP contribution in [0.15, 0.2) is 18.2 Å². The Kier molecular flexibility index (Phi) is 4.28. The van der Waals surface area contributed by atoms with Crippen LogP contribution in [0.2, 0.25) is 0 Å². The molecule has 3 N–H and O–H groups in total. The first-order valence-electron chi connectivity index (χ1n) is 8.78. The molecular formula is C19H15F3N4O4. The van der Waals surface area contributed by atoms with Gasteiger partial charge in [0.2, 0.25) is 5.60 Å². The number of primary amides is 1. The number of fused-ring (bicyclic) bond motifs is 3. The summed E-state index contributed by atoms with van der Waals surface area (Å²) in [5, 5.41) is 14.0. The topological polar surface area (TPSA) is 111 Å². The minimum atomic E-state index is -3.79. The second kappa shape index (κ2) is 6.50. The number of nitrogens with zero attached hydrogens (tertiary/aromatic N) is 3. The van der Waals surface area contributed by atoms with Crippen molar-refractivity contribution in [2.75, 3.05) is 20.2 Å². The van der Waals surface area contributed by atoms with E-state index in [2.05, 4.69) is 16.9 Å². The first-order chi connectivity index (χ1) is 14.0. The van der Waals surface area contributed by atoms with Crippen molar-refractivity contribution in [2.45, 2.75) is 17.9 Å². The average Bonchev–Trinajstić information content (AvgIpc) is 3.14. The van der Waals surface area contributed by atoms with E-state index in [0.717, 1.165) is 0 Å². The molecule has 2 amide bonds. The van der Waals surface area contributed by atoms with Crippen LogP contribution in [0.3, 0.4) is 0 Å². The molecule has 2 aromatic rings. The van der Waals surface area contributed by atoms with Crippen molar-refractivity contribution >= 4 is 11.8 Å². The monoisotopic (exact) mass is 420 g/mol. The van der Waals surface area contributed by atoms with Gasteiger partial charge in [-0.1, -0.05) is 11.8 Å². The van der Waals surface area contributed by atoms with Gasteiger partial charge in [0.1, 0.15) is 11.4 Å². The van der Waals surface area contributed by atoms with Crippen molar-refractivity contribution in [2.24, 2.45) is 5.73 Å². The highest BCUT2D eigenvalue weighted by molar-refractivity contribution is 5.91. The number of carbonyl (C=O) groups is 2. The van der Waals surface area contributed by atoms with E-state index < -0.39 is 47.1 Å². The van der Waals surface area contributed by atoms with Gasteiger partial charge in [-0.2, -0.15) is 13.9 Å². The van der Waals surface area contributed by atoms with Crippen LogP contribution in [0, 0.1) is 17.7 Å². The van der Waals surface area contributed by atoms with Crippen molar-refractivity contribution in [3.8, 4) is 23.3 Å². The fourth-order valence-corrected chi connectivity index (χ4v) is 3.31. The number of aromatic nitrogens is 2. The van der Waals surface area contributed by atoms with E-state index in [-0.39, 0.29) is 23.4 Å². The lowest BCUT2D eigenvalue weighted by Crippen LogP contribution is -2.37. The maximum Gasteiger partial charge on any atom is 0.325 e. The highest BCUT2D eigenvalue weighted by Crippen LogP contribution is 2.39. The Morgan fingerprint density at radius 1 is 1.40 bits per heavy atom. The Morgan fingerprint density at radius 3 is 2.77 bits per heavy atom. The molecule has 0 spiro atoms. The fraction of sp³-hybridized carbons (Fsp3) is 0.316. The number of benzene rings is 1. The second-order valence-electron chi connectivity index (χ2n) is 7.05. The molecule has 0 aliphatic carbocycles. The number of hydrogen-bond donors (Lipinski definition) is 2. The van der Waals surface area contributed by atoms with Gasteiger partial charge in [0.25, 0.3) is 11.8 Å². The van der Waals surface area contributed by atoms with Gasteiger partial charge in [-0.25, -0.2) is 9.07 Å².